The van der Waals surface area contributed by atoms with Crippen molar-refractivity contribution in [2.45, 2.75) is 51.2 Å². The lowest BCUT2D eigenvalue weighted by atomic mass is 10.1. The van der Waals surface area contributed by atoms with Gasteiger partial charge < -0.3 is 14.4 Å². The highest BCUT2D eigenvalue weighted by molar-refractivity contribution is 5.66. The van der Waals surface area contributed by atoms with Gasteiger partial charge in [-0.2, -0.15) is 0 Å². The minimum absolute atomic E-state index is 0.264. The summed E-state index contributed by atoms with van der Waals surface area (Å²) < 4.78 is 12.1. The van der Waals surface area contributed by atoms with Crippen molar-refractivity contribution in [1.82, 2.24) is 4.98 Å². The van der Waals surface area contributed by atoms with Gasteiger partial charge >= 0.3 is 0 Å². The van der Waals surface area contributed by atoms with Crippen LogP contribution in [0.2, 0.25) is 0 Å². The summed E-state index contributed by atoms with van der Waals surface area (Å²) in [4.78, 5) is 6.57. The number of hydrogen-bond donors (Lipinski definition) is 0. The van der Waals surface area contributed by atoms with Crippen LogP contribution in [-0.2, 0) is 6.54 Å². The van der Waals surface area contributed by atoms with Crippen LogP contribution < -0.4 is 14.4 Å². The zero-order valence-electron chi connectivity index (χ0n) is 17.7. The van der Waals surface area contributed by atoms with E-state index in [9.17, 15) is 0 Å². The Morgan fingerprint density at radius 3 is 2.37 bits per heavy atom. The molecule has 0 N–H and O–H groups in total. The van der Waals surface area contributed by atoms with Gasteiger partial charge in [0.05, 0.1) is 13.2 Å². The SMILES string of the molecule is COc1ccc(N(Cc2cccnc2)c2ccccc2)cc1OC1CCCCCC1. The number of anilines is 2. The van der Waals surface area contributed by atoms with E-state index in [1.807, 2.05) is 30.6 Å². The normalized spacial score (nSPS) is 14.7. The Labute approximate surface area is 179 Å². The van der Waals surface area contributed by atoms with E-state index in [1.54, 1.807) is 7.11 Å². The van der Waals surface area contributed by atoms with Crippen LogP contribution in [0.15, 0.2) is 73.1 Å². The Hall–Kier alpha value is -3.01. The molecule has 1 aliphatic carbocycles. The second kappa shape index (κ2) is 10.1. The standard InChI is InChI=1S/C26H30N2O2/c1-29-25-16-15-23(18-26(25)30-24-13-7-2-3-8-14-24)28(22-11-5-4-6-12-22)20-21-10-9-17-27-19-21/h4-6,9-12,15-19,24H,2-3,7-8,13-14,20H2,1H3. The third kappa shape index (κ3) is 5.12. The van der Waals surface area contributed by atoms with Crippen molar-refractivity contribution in [1.29, 1.82) is 0 Å². The van der Waals surface area contributed by atoms with Crippen molar-refractivity contribution in [3.63, 3.8) is 0 Å². The molecule has 3 aromatic rings. The Balaban J connectivity index is 1.65. The molecule has 0 bridgehead atoms. The molecule has 1 saturated carbocycles. The average Bonchev–Trinajstić information content (AvgIpc) is 3.07. The van der Waals surface area contributed by atoms with Crippen molar-refractivity contribution >= 4 is 11.4 Å². The first kappa shape index (κ1) is 20.3. The third-order valence-electron chi connectivity index (χ3n) is 5.69. The fraction of sp³-hybridized carbons (Fsp3) is 0.346. The molecule has 0 unspecified atom stereocenters. The number of methoxy groups -OCH3 is 1. The van der Waals surface area contributed by atoms with Crippen LogP contribution in [0.25, 0.3) is 0 Å². The fourth-order valence-electron chi connectivity index (χ4n) is 4.08. The van der Waals surface area contributed by atoms with E-state index >= 15 is 0 Å². The van der Waals surface area contributed by atoms with Crippen LogP contribution in [0, 0.1) is 0 Å². The molecule has 0 saturated heterocycles. The summed E-state index contributed by atoms with van der Waals surface area (Å²) in [6.07, 6.45) is 11.3. The van der Waals surface area contributed by atoms with Crippen molar-refractivity contribution in [3.8, 4) is 11.5 Å². The van der Waals surface area contributed by atoms with E-state index in [-0.39, 0.29) is 6.10 Å². The number of ether oxygens (including phenoxy) is 2. The number of aromatic nitrogens is 1. The highest BCUT2D eigenvalue weighted by atomic mass is 16.5. The summed E-state index contributed by atoms with van der Waals surface area (Å²) in [6, 6.07) is 20.8. The van der Waals surface area contributed by atoms with Crippen molar-refractivity contribution in [2.24, 2.45) is 0 Å². The molecule has 4 rings (SSSR count). The minimum atomic E-state index is 0.264. The van der Waals surface area contributed by atoms with Gasteiger partial charge in [0.2, 0.25) is 0 Å². The summed E-state index contributed by atoms with van der Waals surface area (Å²) in [5.74, 6) is 1.62. The maximum Gasteiger partial charge on any atom is 0.163 e. The zero-order valence-corrected chi connectivity index (χ0v) is 17.7. The topological polar surface area (TPSA) is 34.6 Å². The summed E-state index contributed by atoms with van der Waals surface area (Å²) >= 11 is 0. The highest BCUT2D eigenvalue weighted by Crippen LogP contribution is 2.37. The fourth-order valence-corrected chi connectivity index (χ4v) is 4.08. The Kier molecular flexibility index (Phi) is 6.86. The summed E-state index contributed by atoms with van der Waals surface area (Å²) in [5.41, 5.74) is 3.37. The Morgan fingerprint density at radius 1 is 0.867 bits per heavy atom. The second-order valence-corrected chi connectivity index (χ2v) is 7.85. The average molecular weight is 403 g/mol. The molecule has 2 aromatic carbocycles. The molecule has 0 radical (unpaired) electrons. The number of pyridine rings is 1. The molecule has 4 heteroatoms. The van der Waals surface area contributed by atoms with Crippen molar-refractivity contribution in [3.05, 3.63) is 78.6 Å². The number of para-hydroxylation sites is 1. The van der Waals surface area contributed by atoms with Crippen molar-refractivity contribution < 1.29 is 9.47 Å². The van der Waals surface area contributed by atoms with E-state index < -0.39 is 0 Å². The summed E-state index contributed by atoms with van der Waals surface area (Å²) in [7, 11) is 1.71. The monoisotopic (exact) mass is 402 g/mol. The van der Waals surface area contributed by atoms with Crippen LogP contribution in [0.5, 0.6) is 11.5 Å². The number of benzene rings is 2. The first-order chi connectivity index (χ1) is 14.8. The van der Waals surface area contributed by atoms with Gasteiger partial charge in [-0.1, -0.05) is 37.1 Å². The number of rotatable bonds is 7. The Morgan fingerprint density at radius 2 is 1.67 bits per heavy atom. The molecule has 0 spiro atoms. The van der Waals surface area contributed by atoms with Gasteiger partial charge in [0.15, 0.2) is 11.5 Å². The number of nitrogens with zero attached hydrogens (tertiary/aromatic N) is 2. The van der Waals surface area contributed by atoms with E-state index in [2.05, 4.69) is 52.3 Å². The maximum absolute atomic E-state index is 6.47. The Bertz CT molecular complexity index is 907. The first-order valence-corrected chi connectivity index (χ1v) is 10.9. The van der Waals surface area contributed by atoms with E-state index in [0.717, 1.165) is 47.8 Å². The van der Waals surface area contributed by atoms with Gasteiger partial charge in [0, 0.05) is 36.4 Å². The van der Waals surface area contributed by atoms with Crippen LogP contribution >= 0.6 is 0 Å². The van der Waals surface area contributed by atoms with E-state index in [4.69, 9.17) is 9.47 Å². The van der Waals surface area contributed by atoms with Gasteiger partial charge in [-0.3, -0.25) is 4.98 Å². The zero-order chi connectivity index (χ0) is 20.6. The van der Waals surface area contributed by atoms with Crippen LogP contribution in [-0.4, -0.2) is 18.2 Å². The van der Waals surface area contributed by atoms with Crippen molar-refractivity contribution in [2.75, 3.05) is 12.0 Å². The minimum Gasteiger partial charge on any atom is -0.493 e. The summed E-state index contributed by atoms with van der Waals surface area (Å²) in [5, 5.41) is 0. The van der Waals surface area contributed by atoms with E-state index in [1.165, 1.54) is 25.7 Å². The molecular weight excluding hydrogens is 372 g/mol. The molecular formula is C26H30N2O2. The van der Waals surface area contributed by atoms with Crippen LogP contribution in [0.4, 0.5) is 11.4 Å². The molecule has 0 amide bonds. The highest BCUT2D eigenvalue weighted by Gasteiger charge is 2.18. The number of hydrogen-bond acceptors (Lipinski definition) is 4. The first-order valence-electron chi connectivity index (χ1n) is 10.9. The quantitative estimate of drug-likeness (QED) is 0.421. The molecule has 30 heavy (non-hydrogen) atoms. The summed E-state index contributed by atoms with van der Waals surface area (Å²) in [6.45, 7) is 0.729. The smallest absolute Gasteiger partial charge is 0.163 e. The van der Waals surface area contributed by atoms with Gasteiger partial charge in [-0.05, 0) is 61.6 Å². The van der Waals surface area contributed by atoms with Gasteiger partial charge in [0.1, 0.15) is 0 Å². The molecule has 1 aliphatic rings. The predicted octanol–water partition coefficient (Wildman–Crippen LogP) is 6.53. The lowest BCUT2D eigenvalue weighted by molar-refractivity contribution is 0.176. The molecule has 1 heterocycles. The second-order valence-electron chi connectivity index (χ2n) is 7.85. The lowest BCUT2D eigenvalue weighted by Gasteiger charge is -2.27. The lowest BCUT2D eigenvalue weighted by Crippen LogP contribution is -2.18. The predicted molar refractivity (Wildman–Crippen MR) is 122 cm³/mol. The van der Waals surface area contributed by atoms with Gasteiger partial charge in [0.25, 0.3) is 0 Å². The van der Waals surface area contributed by atoms with E-state index in [0.29, 0.717) is 0 Å². The maximum atomic E-state index is 6.47. The third-order valence-corrected chi connectivity index (χ3v) is 5.69. The molecule has 156 valence electrons. The van der Waals surface area contributed by atoms with Gasteiger partial charge in [-0.25, -0.2) is 0 Å². The molecule has 1 fully saturated rings. The molecule has 4 nitrogen and oxygen atoms in total. The molecule has 0 atom stereocenters. The largest absolute Gasteiger partial charge is 0.493 e. The van der Waals surface area contributed by atoms with Crippen LogP contribution in [0.3, 0.4) is 0 Å². The molecule has 0 aliphatic heterocycles. The molecule has 1 aromatic heterocycles. The van der Waals surface area contributed by atoms with Gasteiger partial charge in [-0.15, -0.1) is 0 Å². The van der Waals surface area contributed by atoms with Crippen LogP contribution in [0.1, 0.15) is 44.1 Å².